The van der Waals surface area contributed by atoms with Crippen LogP contribution < -0.4 is 5.73 Å². The lowest BCUT2D eigenvalue weighted by Crippen LogP contribution is -2.77. The van der Waals surface area contributed by atoms with Gasteiger partial charge in [-0.05, 0) is 6.92 Å². The van der Waals surface area contributed by atoms with Gasteiger partial charge in [0.25, 0.3) is 0 Å². The smallest absolute Gasteiger partial charge is 0.329 e. The summed E-state index contributed by atoms with van der Waals surface area (Å²) in [6.07, 6.45) is 0. The highest BCUT2D eigenvalue weighted by Gasteiger charge is 2.59. The van der Waals surface area contributed by atoms with Crippen LogP contribution >= 0.6 is 11.8 Å². The first-order chi connectivity index (χ1) is 6.86. The lowest BCUT2D eigenvalue weighted by Gasteiger charge is -2.55. The molecule has 3 unspecified atom stereocenters. The number of carbonyl (C=O) groups is 2. The predicted octanol–water partition coefficient (Wildman–Crippen LogP) is -1.57. The van der Waals surface area contributed by atoms with Crippen LogP contribution in [0.4, 0.5) is 0 Å². The van der Waals surface area contributed by atoms with Gasteiger partial charge in [-0.25, -0.2) is 4.79 Å². The van der Waals surface area contributed by atoms with Crippen LogP contribution in [0.2, 0.25) is 0 Å². The van der Waals surface area contributed by atoms with E-state index in [1.807, 2.05) is 0 Å². The molecule has 6 nitrogen and oxygen atoms in total. The van der Waals surface area contributed by atoms with Gasteiger partial charge in [-0.15, -0.1) is 11.8 Å². The van der Waals surface area contributed by atoms with Crippen molar-refractivity contribution in [2.24, 2.45) is 5.73 Å². The Morgan fingerprint density at radius 3 is 2.87 bits per heavy atom. The van der Waals surface area contributed by atoms with Crippen molar-refractivity contribution in [3.8, 4) is 0 Å². The number of hydrogen-bond donors (Lipinski definition) is 3. The number of nitrogens with two attached hydrogens (primary N) is 1. The maximum atomic E-state index is 11.4. The molecule has 7 heteroatoms. The van der Waals surface area contributed by atoms with E-state index in [2.05, 4.69) is 0 Å². The summed E-state index contributed by atoms with van der Waals surface area (Å²) in [5.41, 5.74) is 4.14. The molecule has 0 bridgehead atoms. The van der Waals surface area contributed by atoms with E-state index < -0.39 is 29.6 Å². The third-order valence-corrected chi connectivity index (χ3v) is 4.38. The van der Waals surface area contributed by atoms with Crippen LogP contribution in [0.5, 0.6) is 0 Å². The normalized spacial score (nSPS) is 44.6. The van der Waals surface area contributed by atoms with Gasteiger partial charge < -0.3 is 20.8 Å². The molecular formula is C8H12N2O4S. The van der Waals surface area contributed by atoms with Gasteiger partial charge in [0.2, 0.25) is 5.91 Å². The van der Waals surface area contributed by atoms with E-state index in [4.69, 9.17) is 10.8 Å². The van der Waals surface area contributed by atoms with Crippen LogP contribution in [0.1, 0.15) is 6.92 Å². The Morgan fingerprint density at radius 1 is 1.73 bits per heavy atom. The molecule has 0 spiro atoms. The number of aliphatic carboxylic acids is 1. The number of nitrogens with zero attached hydrogens (tertiary/aromatic N) is 1. The number of fused-ring (bicyclic) bond motifs is 1. The van der Waals surface area contributed by atoms with Crippen molar-refractivity contribution in [3.63, 3.8) is 0 Å². The average Bonchev–Trinajstić information content (AvgIpc) is 2.14. The molecule has 84 valence electrons. The minimum absolute atomic E-state index is 0.270. The van der Waals surface area contributed by atoms with Crippen molar-refractivity contribution in [1.82, 2.24) is 4.90 Å². The number of carboxylic acid groups (broad SMARTS) is 1. The number of β-lactam (4-membered cyclic amide) rings is 1. The molecule has 4 atom stereocenters. The summed E-state index contributed by atoms with van der Waals surface area (Å²) < 4.78 is 0. The number of rotatable bonds is 1. The molecule has 1 amide bonds. The minimum atomic E-state index is -1.40. The zero-order valence-electron chi connectivity index (χ0n) is 8.08. The van der Waals surface area contributed by atoms with Gasteiger partial charge in [0, 0.05) is 5.75 Å². The molecule has 2 aliphatic rings. The highest BCUT2D eigenvalue weighted by atomic mass is 32.2. The summed E-state index contributed by atoms with van der Waals surface area (Å²) >= 11 is 1.32. The largest absolute Gasteiger partial charge is 0.480 e. The standard InChI is InChI=1S/C8H12N2O4S/c1-8(14)2-15-6-3(9)5(11)10(6)4(8)7(12)13/h3-4,6,14H,2,9H2,1H3,(H,12,13)/t3?,4?,6-,8?/m0/s1. The number of aliphatic hydroxyl groups is 1. The van der Waals surface area contributed by atoms with E-state index in [0.29, 0.717) is 0 Å². The maximum Gasteiger partial charge on any atom is 0.329 e. The summed E-state index contributed by atoms with van der Waals surface area (Å²) in [5, 5.41) is 18.6. The lowest BCUT2D eigenvalue weighted by atomic mass is 9.92. The second-order valence-corrected chi connectivity index (χ2v) is 5.18. The highest BCUT2D eigenvalue weighted by Crippen LogP contribution is 2.41. The van der Waals surface area contributed by atoms with Crippen molar-refractivity contribution in [2.45, 2.75) is 30.0 Å². The molecular weight excluding hydrogens is 220 g/mol. The topological polar surface area (TPSA) is 104 Å². The van der Waals surface area contributed by atoms with Gasteiger partial charge in [-0.3, -0.25) is 4.79 Å². The van der Waals surface area contributed by atoms with Gasteiger partial charge in [-0.2, -0.15) is 0 Å². The maximum absolute atomic E-state index is 11.4. The highest BCUT2D eigenvalue weighted by molar-refractivity contribution is 8.00. The number of amides is 1. The zero-order valence-corrected chi connectivity index (χ0v) is 8.90. The lowest BCUT2D eigenvalue weighted by molar-refractivity contribution is -0.172. The van der Waals surface area contributed by atoms with E-state index in [1.165, 1.54) is 23.6 Å². The third-order valence-electron chi connectivity index (χ3n) is 2.77. The first kappa shape index (κ1) is 10.7. The Balaban J connectivity index is 2.30. The first-order valence-corrected chi connectivity index (χ1v) is 5.55. The average molecular weight is 232 g/mol. The fraction of sp³-hybridized carbons (Fsp3) is 0.750. The number of hydrogen-bond acceptors (Lipinski definition) is 5. The fourth-order valence-electron chi connectivity index (χ4n) is 1.99. The summed E-state index contributed by atoms with van der Waals surface area (Å²) in [6, 6.07) is -1.82. The van der Waals surface area contributed by atoms with E-state index in [-0.39, 0.29) is 11.1 Å². The first-order valence-electron chi connectivity index (χ1n) is 4.51. The zero-order chi connectivity index (χ0) is 11.4. The van der Waals surface area contributed by atoms with E-state index >= 15 is 0 Å². The number of carbonyl (C=O) groups excluding carboxylic acids is 1. The summed E-state index contributed by atoms with van der Waals surface area (Å²) in [5.74, 6) is -1.32. The van der Waals surface area contributed by atoms with Crippen LogP contribution in [0.3, 0.4) is 0 Å². The Morgan fingerprint density at radius 2 is 2.33 bits per heavy atom. The van der Waals surface area contributed by atoms with Crippen LogP contribution in [0.25, 0.3) is 0 Å². The van der Waals surface area contributed by atoms with Crippen molar-refractivity contribution in [3.05, 3.63) is 0 Å². The third kappa shape index (κ3) is 1.34. The van der Waals surface area contributed by atoms with Crippen LogP contribution in [0.15, 0.2) is 0 Å². The molecule has 0 saturated carbocycles. The molecule has 0 aromatic heterocycles. The van der Waals surface area contributed by atoms with Gasteiger partial charge in [0.15, 0.2) is 6.04 Å². The van der Waals surface area contributed by atoms with Crippen LogP contribution in [0, 0.1) is 0 Å². The fourth-order valence-corrected chi connectivity index (χ4v) is 3.36. The minimum Gasteiger partial charge on any atom is -0.480 e. The molecule has 0 aromatic carbocycles. The summed E-state index contributed by atoms with van der Waals surface area (Å²) in [6.45, 7) is 1.42. The Bertz CT molecular complexity index is 333. The van der Waals surface area contributed by atoms with Crippen molar-refractivity contribution >= 4 is 23.6 Å². The molecule has 2 fully saturated rings. The summed E-state index contributed by atoms with van der Waals surface area (Å²) in [4.78, 5) is 23.6. The van der Waals surface area contributed by atoms with Crippen molar-refractivity contribution in [2.75, 3.05) is 5.75 Å². The van der Waals surface area contributed by atoms with Gasteiger partial charge >= 0.3 is 5.97 Å². The Kier molecular flexibility index (Phi) is 2.21. The molecule has 2 saturated heterocycles. The molecule has 0 aliphatic carbocycles. The van der Waals surface area contributed by atoms with E-state index in [1.54, 1.807) is 0 Å². The van der Waals surface area contributed by atoms with Crippen molar-refractivity contribution in [1.29, 1.82) is 0 Å². The molecule has 4 N–H and O–H groups in total. The van der Waals surface area contributed by atoms with Gasteiger partial charge in [0.1, 0.15) is 17.0 Å². The van der Waals surface area contributed by atoms with Crippen LogP contribution in [-0.4, -0.2) is 55.8 Å². The molecule has 0 radical (unpaired) electrons. The molecule has 2 heterocycles. The van der Waals surface area contributed by atoms with Gasteiger partial charge in [0.05, 0.1) is 0 Å². The van der Waals surface area contributed by atoms with Crippen LogP contribution in [-0.2, 0) is 9.59 Å². The van der Waals surface area contributed by atoms with Crippen molar-refractivity contribution < 1.29 is 19.8 Å². The van der Waals surface area contributed by atoms with E-state index in [9.17, 15) is 14.7 Å². The predicted molar refractivity (Wildman–Crippen MR) is 53.1 cm³/mol. The Labute approximate surface area is 90.4 Å². The quantitative estimate of drug-likeness (QED) is 0.472. The number of carboxylic acids is 1. The number of thioether (sulfide) groups is 1. The molecule has 15 heavy (non-hydrogen) atoms. The second kappa shape index (κ2) is 3.10. The second-order valence-electron chi connectivity index (χ2n) is 4.07. The van der Waals surface area contributed by atoms with Gasteiger partial charge in [-0.1, -0.05) is 0 Å². The SMILES string of the molecule is CC1(O)CS[C@H]2C(N)C(=O)N2C1C(=O)O. The monoisotopic (exact) mass is 232 g/mol. The van der Waals surface area contributed by atoms with E-state index in [0.717, 1.165) is 0 Å². The Hall–Kier alpha value is -0.790. The molecule has 2 aliphatic heterocycles. The molecule has 0 aromatic rings. The summed E-state index contributed by atoms with van der Waals surface area (Å²) in [7, 11) is 0. The molecule has 2 rings (SSSR count).